The number of hydrazone groups is 1. The lowest BCUT2D eigenvalue weighted by Gasteiger charge is -2.12. The Hall–Kier alpha value is -3.06. The van der Waals surface area contributed by atoms with E-state index in [1.54, 1.807) is 19.1 Å². The summed E-state index contributed by atoms with van der Waals surface area (Å²) in [6.45, 7) is 4.61. The van der Waals surface area contributed by atoms with E-state index in [1.165, 1.54) is 6.21 Å². The maximum absolute atomic E-state index is 11.9. The Morgan fingerprint density at radius 1 is 1.10 bits per heavy atom. The topological polar surface area (TPSA) is 73.1 Å². The summed E-state index contributed by atoms with van der Waals surface area (Å²) >= 11 is 3.42. The molecule has 1 N–H and O–H groups in total. The van der Waals surface area contributed by atoms with E-state index < -0.39 is 5.91 Å². The smallest absolute Gasteiger partial charge is 0.307 e. The molecule has 3 rings (SSSR count). The van der Waals surface area contributed by atoms with Gasteiger partial charge in [-0.15, -0.1) is 0 Å². The van der Waals surface area contributed by atoms with E-state index in [2.05, 4.69) is 26.5 Å². The van der Waals surface area contributed by atoms with Crippen LogP contribution in [0.1, 0.15) is 34.4 Å². The number of ether oxygens (including phenoxy) is 2. The normalized spacial score (nSPS) is 10.9. The molecule has 29 heavy (non-hydrogen) atoms. The fraction of sp³-hybridized carbons (Fsp3) is 0.182. The minimum absolute atomic E-state index is 0.214. The fourth-order valence-corrected chi connectivity index (χ4v) is 2.78. The van der Waals surface area contributed by atoms with Gasteiger partial charge in [-0.05, 0) is 67.4 Å². The molecule has 0 bridgehead atoms. The number of benzene rings is 2. The number of amides is 1. The lowest BCUT2D eigenvalue weighted by molar-refractivity contribution is 0.0926. The van der Waals surface area contributed by atoms with Gasteiger partial charge in [0.05, 0.1) is 12.8 Å². The molecule has 0 atom stereocenters. The van der Waals surface area contributed by atoms with Crippen molar-refractivity contribution >= 4 is 28.1 Å². The molecule has 6 nitrogen and oxygen atoms in total. The van der Waals surface area contributed by atoms with Gasteiger partial charge in [0.15, 0.2) is 17.3 Å². The summed E-state index contributed by atoms with van der Waals surface area (Å²) < 4.78 is 17.9. The van der Waals surface area contributed by atoms with Gasteiger partial charge in [-0.1, -0.05) is 28.1 Å². The lowest BCUT2D eigenvalue weighted by Crippen LogP contribution is -2.16. The van der Waals surface area contributed by atoms with Gasteiger partial charge in [0, 0.05) is 4.47 Å². The molecule has 1 heterocycles. The highest BCUT2D eigenvalue weighted by molar-refractivity contribution is 9.10. The Kier molecular flexibility index (Phi) is 7.08. The Bertz CT molecular complexity index is 996. The highest BCUT2D eigenvalue weighted by Gasteiger charge is 2.09. The number of carbonyl (C=O) groups is 1. The van der Waals surface area contributed by atoms with Crippen LogP contribution in [0.5, 0.6) is 11.5 Å². The molecule has 150 valence electrons. The van der Waals surface area contributed by atoms with Crippen molar-refractivity contribution in [1.29, 1.82) is 0 Å². The standard InChI is InChI=1S/C22H21BrN2O4/c1-3-27-21-12-17(13-24-25-22(26)20-10-4-15(2)29-20)7-11-19(21)28-14-16-5-8-18(23)9-6-16/h4-13H,3,14H2,1-2H3,(H,25,26)/b24-13+. The van der Waals surface area contributed by atoms with Gasteiger partial charge in [-0.25, -0.2) is 5.43 Å². The lowest BCUT2D eigenvalue weighted by atomic mass is 10.2. The molecule has 0 aliphatic rings. The van der Waals surface area contributed by atoms with Gasteiger partial charge in [0.1, 0.15) is 12.4 Å². The molecule has 1 aromatic heterocycles. The number of carbonyl (C=O) groups excluding carboxylic acids is 1. The van der Waals surface area contributed by atoms with E-state index in [0.717, 1.165) is 15.6 Å². The van der Waals surface area contributed by atoms with Crippen LogP contribution in [-0.2, 0) is 6.61 Å². The first-order chi connectivity index (χ1) is 14.0. The number of halogens is 1. The third kappa shape index (κ3) is 5.96. The summed E-state index contributed by atoms with van der Waals surface area (Å²) in [6.07, 6.45) is 1.54. The van der Waals surface area contributed by atoms with Gasteiger partial charge in [-0.2, -0.15) is 5.10 Å². The van der Waals surface area contributed by atoms with Crippen LogP contribution in [0.25, 0.3) is 0 Å². The summed E-state index contributed by atoms with van der Waals surface area (Å²) in [6, 6.07) is 16.7. The molecule has 1 amide bonds. The number of nitrogens with one attached hydrogen (secondary N) is 1. The summed E-state index contributed by atoms with van der Waals surface area (Å²) in [4.78, 5) is 11.9. The highest BCUT2D eigenvalue weighted by atomic mass is 79.9. The number of hydrogen-bond donors (Lipinski definition) is 1. The summed E-state index contributed by atoms with van der Waals surface area (Å²) in [7, 11) is 0. The first kappa shape index (κ1) is 20.7. The average molecular weight is 457 g/mol. The van der Waals surface area contributed by atoms with Crippen molar-refractivity contribution in [3.05, 3.63) is 81.7 Å². The minimum atomic E-state index is -0.408. The fourth-order valence-electron chi connectivity index (χ4n) is 2.51. The second-order valence-corrected chi connectivity index (χ2v) is 7.08. The highest BCUT2D eigenvalue weighted by Crippen LogP contribution is 2.29. The van der Waals surface area contributed by atoms with Crippen molar-refractivity contribution in [3.8, 4) is 11.5 Å². The molecular weight excluding hydrogens is 436 g/mol. The van der Waals surface area contributed by atoms with Gasteiger partial charge in [0.2, 0.25) is 0 Å². The monoisotopic (exact) mass is 456 g/mol. The third-order valence-electron chi connectivity index (χ3n) is 3.92. The second kappa shape index (κ2) is 9.93. The predicted molar refractivity (Wildman–Crippen MR) is 115 cm³/mol. The van der Waals surface area contributed by atoms with Gasteiger partial charge >= 0.3 is 5.91 Å². The largest absolute Gasteiger partial charge is 0.490 e. The van der Waals surface area contributed by atoms with Crippen molar-refractivity contribution in [2.24, 2.45) is 5.10 Å². The van der Waals surface area contributed by atoms with E-state index in [4.69, 9.17) is 13.9 Å². The number of hydrogen-bond acceptors (Lipinski definition) is 5. The zero-order valence-corrected chi connectivity index (χ0v) is 17.7. The van der Waals surface area contributed by atoms with Crippen molar-refractivity contribution in [2.45, 2.75) is 20.5 Å². The zero-order valence-electron chi connectivity index (χ0n) is 16.1. The van der Waals surface area contributed by atoms with Crippen LogP contribution in [0.15, 0.2) is 68.6 Å². The first-order valence-electron chi connectivity index (χ1n) is 9.09. The Morgan fingerprint density at radius 2 is 1.90 bits per heavy atom. The summed E-state index contributed by atoms with van der Waals surface area (Å²) in [5.41, 5.74) is 4.26. The SMILES string of the molecule is CCOc1cc(/C=N/NC(=O)c2ccc(C)o2)ccc1OCc1ccc(Br)cc1. The maximum atomic E-state index is 11.9. The average Bonchev–Trinajstić information content (AvgIpc) is 3.15. The molecule has 0 saturated heterocycles. The molecule has 0 aliphatic carbocycles. The van der Waals surface area contributed by atoms with Crippen LogP contribution in [0, 0.1) is 6.92 Å². The van der Waals surface area contributed by atoms with Crippen molar-refractivity contribution in [3.63, 3.8) is 0 Å². The summed E-state index contributed by atoms with van der Waals surface area (Å²) in [5, 5.41) is 3.97. The van der Waals surface area contributed by atoms with E-state index in [0.29, 0.717) is 30.5 Å². The van der Waals surface area contributed by atoms with Crippen LogP contribution < -0.4 is 14.9 Å². The van der Waals surface area contributed by atoms with Crippen LogP contribution in [0.4, 0.5) is 0 Å². The summed E-state index contributed by atoms with van der Waals surface area (Å²) in [5.74, 6) is 1.72. The number of rotatable bonds is 8. The number of aryl methyl sites for hydroxylation is 1. The van der Waals surface area contributed by atoms with E-state index >= 15 is 0 Å². The molecule has 2 aromatic carbocycles. The van der Waals surface area contributed by atoms with Gasteiger partial charge in [0.25, 0.3) is 0 Å². The molecule has 0 aliphatic heterocycles. The molecule has 0 fully saturated rings. The Balaban J connectivity index is 1.64. The van der Waals surface area contributed by atoms with Crippen molar-refractivity contribution in [2.75, 3.05) is 6.61 Å². The maximum Gasteiger partial charge on any atom is 0.307 e. The molecule has 3 aromatic rings. The molecule has 0 spiro atoms. The Morgan fingerprint density at radius 3 is 2.59 bits per heavy atom. The third-order valence-corrected chi connectivity index (χ3v) is 4.45. The van der Waals surface area contributed by atoms with Crippen molar-refractivity contribution in [1.82, 2.24) is 5.43 Å². The minimum Gasteiger partial charge on any atom is -0.490 e. The zero-order chi connectivity index (χ0) is 20.6. The second-order valence-electron chi connectivity index (χ2n) is 6.16. The molecule has 0 saturated carbocycles. The predicted octanol–water partition coefficient (Wildman–Crippen LogP) is 5.09. The number of nitrogens with zero attached hydrogens (tertiary/aromatic N) is 1. The van der Waals surface area contributed by atoms with Gasteiger partial charge < -0.3 is 13.9 Å². The van der Waals surface area contributed by atoms with E-state index in [1.807, 2.05) is 49.4 Å². The van der Waals surface area contributed by atoms with Crippen LogP contribution in [0.3, 0.4) is 0 Å². The van der Waals surface area contributed by atoms with Crippen molar-refractivity contribution < 1.29 is 18.7 Å². The number of furan rings is 1. The quantitative estimate of drug-likeness (QED) is 0.378. The van der Waals surface area contributed by atoms with Crippen LogP contribution >= 0.6 is 15.9 Å². The molecule has 7 heteroatoms. The van der Waals surface area contributed by atoms with E-state index in [9.17, 15) is 4.79 Å². The Labute approximate surface area is 177 Å². The molecule has 0 radical (unpaired) electrons. The van der Waals surface area contributed by atoms with Crippen LogP contribution in [0.2, 0.25) is 0 Å². The van der Waals surface area contributed by atoms with Crippen LogP contribution in [-0.4, -0.2) is 18.7 Å². The van der Waals surface area contributed by atoms with Gasteiger partial charge in [-0.3, -0.25) is 4.79 Å². The first-order valence-corrected chi connectivity index (χ1v) is 9.88. The van der Waals surface area contributed by atoms with E-state index in [-0.39, 0.29) is 5.76 Å². The molecule has 0 unspecified atom stereocenters. The molecular formula is C22H21BrN2O4.